The molecule has 0 saturated carbocycles. The highest BCUT2D eigenvalue weighted by atomic mass is 35.5. The molecule has 8 nitrogen and oxygen atoms in total. The lowest BCUT2D eigenvalue weighted by molar-refractivity contribution is -0.140. The molecule has 2 rings (SSSR count). The molecule has 0 aliphatic rings. The summed E-state index contributed by atoms with van der Waals surface area (Å²) in [5, 5.41) is 3.06. The molecule has 0 fully saturated rings. The van der Waals surface area contributed by atoms with Gasteiger partial charge in [0.05, 0.1) is 19.1 Å². The third-order valence-corrected chi connectivity index (χ3v) is 6.66. The van der Waals surface area contributed by atoms with E-state index in [1.54, 1.807) is 13.0 Å². The topological polar surface area (TPSA) is 96.0 Å². The molecular weight excluding hydrogens is 478 g/mol. The van der Waals surface area contributed by atoms with Crippen molar-refractivity contribution in [3.8, 4) is 5.75 Å². The van der Waals surface area contributed by atoms with Crippen LogP contribution in [0.25, 0.3) is 0 Å². The summed E-state index contributed by atoms with van der Waals surface area (Å²) in [5.41, 5.74) is 2.04. The average Bonchev–Trinajstić information content (AvgIpc) is 2.78. The van der Waals surface area contributed by atoms with E-state index in [4.69, 9.17) is 16.3 Å². The number of nitrogens with one attached hydrogen (secondary N) is 1. The standard InChI is InChI=1S/C24H32ClN3O5S/c1-6-20(24(30)26-7-2)27(15-18-10-8-17(3)9-11-18)23(29)16-28(34(5,31)32)21-14-19(25)12-13-22(21)33-4/h8-14,20H,6-7,15-16H2,1-5H3,(H,26,30). The Morgan fingerprint density at radius 2 is 1.76 bits per heavy atom. The van der Waals surface area contributed by atoms with Crippen molar-refractivity contribution in [2.75, 3.05) is 30.8 Å². The molecule has 186 valence electrons. The molecule has 0 aromatic heterocycles. The van der Waals surface area contributed by atoms with Gasteiger partial charge in [0.1, 0.15) is 18.3 Å². The number of hydrogen-bond acceptors (Lipinski definition) is 5. The molecule has 1 atom stereocenters. The molecule has 0 radical (unpaired) electrons. The number of aryl methyl sites for hydroxylation is 1. The lowest BCUT2D eigenvalue weighted by Crippen LogP contribution is -2.52. The molecule has 0 heterocycles. The van der Waals surface area contributed by atoms with Crippen molar-refractivity contribution in [2.45, 2.75) is 39.8 Å². The van der Waals surface area contributed by atoms with Crippen LogP contribution in [0.5, 0.6) is 5.75 Å². The summed E-state index contributed by atoms with van der Waals surface area (Å²) < 4.78 is 31.7. The fraction of sp³-hybridized carbons (Fsp3) is 0.417. The number of hydrogen-bond donors (Lipinski definition) is 1. The number of sulfonamides is 1. The number of methoxy groups -OCH3 is 1. The Hall–Kier alpha value is -2.78. The van der Waals surface area contributed by atoms with Gasteiger partial charge in [-0.25, -0.2) is 8.42 Å². The molecular formula is C24H32ClN3O5S. The van der Waals surface area contributed by atoms with E-state index in [1.807, 2.05) is 38.1 Å². The number of likely N-dealkylation sites (N-methyl/N-ethyl adjacent to an activating group) is 1. The van der Waals surface area contributed by atoms with E-state index in [0.29, 0.717) is 18.0 Å². The highest BCUT2D eigenvalue weighted by Crippen LogP contribution is 2.33. The largest absolute Gasteiger partial charge is 0.495 e. The quantitative estimate of drug-likeness (QED) is 0.501. The van der Waals surface area contributed by atoms with Crippen LogP contribution in [-0.4, -0.2) is 57.6 Å². The minimum Gasteiger partial charge on any atom is -0.495 e. The van der Waals surface area contributed by atoms with Crippen molar-refractivity contribution in [3.05, 3.63) is 58.6 Å². The van der Waals surface area contributed by atoms with Crippen LogP contribution in [0.15, 0.2) is 42.5 Å². The number of rotatable bonds is 11. The summed E-state index contributed by atoms with van der Waals surface area (Å²) in [7, 11) is -2.49. The molecule has 0 spiro atoms. The van der Waals surface area contributed by atoms with Gasteiger partial charge in [-0.1, -0.05) is 48.4 Å². The lowest BCUT2D eigenvalue weighted by atomic mass is 10.1. The molecule has 1 unspecified atom stereocenters. The van der Waals surface area contributed by atoms with Gasteiger partial charge < -0.3 is 15.0 Å². The van der Waals surface area contributed by atoms with Crippen molar-refractivity contribution in [3.63, 3.8) is 0 Å². The predicted octanol–water partition coefficient (Wildman–Crippen LogP) is 3.37. The van der Waals surface area contributed by atoms with Gasteiger partial charge in [-0.2, -0.15) is 0 Å². The number of carbonyl (C=O) groups is 2. The van der Waals surface area contributed by atoms with Crippen LogP contribution in [0, 0.1) is 6.92 Å². The second-order valence-corrected chi connectivity index (χ2v) is 10.3. The van der Waals surface area contributed by atoms with Gasteiger partial charge >= 0.3 is 0 Å². The molecule has 0 aliphatic carbocycles. The van der Waals surface area contributed by atoms with Crippen LogP contribution in [0.1, 0.15) is 31.4 Å². The number of anilines is 1. The Kier molecular flexibility index (Phi) is 9.76. The number of amides is 2. The molecule has 1 N–H and O–H groups in total. The number of benzene rings is 2. The monoisotopic (exact) mass is 509 g/mol. The summed E-state index contributed by atoms with van der Waals surface area (Å²) in [6, 6.07) is 11.4. The molecule has 2 amide bonds. The maximum atomic E-state index is 13.6. The van der Waals surface area contributed by atoms with Crippen molar-refractivity contribution >= 4 is 39.1 Å². The number of carbonyl (C=O) groups excluding carboxylic acids is 2. The maximum absolute atomic E-state index is 13.6. The van der Waals surface area contributed by atoms with Gasteiger partial charge in [0.25, 0.3) is 0 Å². The van der Waals surface area contributed by atoms with Crippen molar-refractivity contribution in [2.24, 2.45) is 0 Å². The summed E-state index contributed by atoms with van der Waals surface area (Å²) >= 11 is 6.11. The highest BCUT2D eigenvalue weighted by Gasteiger charge is 2.32. The van der Waals surface area contributed by atoms with Crippen molar-refractivity contribution < 1.29 is 22.7 Å². The van der Waals surface area contributed by atoms with Crippen molar-refractivity contribution in [1.29, 1.82) is 0 Å². The zero-order valence-corrected chi connectivity index (χ0v) is 21.7. The Balaban J connectivity index is 2.49. The first-order valence-corrected chi connectivity index (χ1v) is 13.2. The summed E-state index contributed by atoms with van der Waals surface area (Å²) in [6.07, 6.45) is 1.37. The second-order valence-electron chi connectivity index (χ2n) is 7.91. The number of halogens is 1. The van der Waals surface area contributed by atoms with Gasteiger partial charge in [0.15, 0.2) is 0 Å². The van der Waals surface area contributed by atoms with E-state index in [-0.39, 0.29) is 23.9 Å². The Bertz CT molecular complexity index is 1110. The van der Waals surface area contributed by atoms with Gasteiger partial charge in [-0.05, 0) is 44.0 Å². The molecule has 34 heavy (non-hydrogen) atoms. The van der Waals surface area contributed by atoms with E-state index >= 15 is 0 Å². The molecule has 0 aliphatic heterocycles. The highest BCUT2D eigenvalue weighted by molar-refractivity contribution is 7.92. The Labute approximate surface area is 206 Å². The minimum absolute atomic E-state index is 0.146. The zero-order valence-electron chi connectivity index (χ0n) is 20.2. The first kappa shape index (κ1) is 27.5. The van der Waals surface area contributed by atoms with Crippen LogP contribution in [-0.2, 0) is 26.2 Å². The van der Waals surface area contributed by atoms with E-state index < -0.39 is 28.5 Å². The fourth-order valence-electron chi connectivity index (χ4n) is 3.55. The SMILES string of the molecule is CCNC(=O)C(CC)N(Cc1ccc(C)cc1)C(=O)CN(c1cc(Cl)ccc1OC)S(C)(=O)=O. The molecule has 0 bridgehead atoms. The molecule has 0 saturated heterocycles. The molecule has 10 heteroatoms. The van der Waals surface area contributed by atoms with E-state index in [0.717, 1.165) is 21.7 Å². The van der Waals surface area contributed by atoms with Gasteiger partial charge in [-0.15, -0.1) is 0 Å². The molecule has 2 aromatic rings. The average molecular weight is 510 g/mol. The first-order chi connectivity index (χ1) is 16.0. The predicted molar refractivity (Wildman–Crippen MR) is 135 cm³/mol. The van der Waals surface area contributed by atoms with Gasteiger partial charge in [0, 0.05) is 18.1 Å². The van der Waals surface area contributed by atoms with Crippen molar-refractivity contribution in [1.82, 2.24) is 10.2 Å². The van der Waals surface area contributed by atoms with Crippen LogP contribution in [0.3, 0.4) is 0 Å². The maximum Gasteiger partial charge on any atom is 0.244 e. The first-order valence-electron chi connectivity index (χ1n) is 11.0. The summed E-state index contributed by atoms with van der Waals surface area (Å²) in [4.78, 5) is 27.8. The minimum atomic E-state index is -3.89. The lowest BCUT2D eigenvalue weighted by Gasteiger charge is -2.33. The van der Waals surface area contributed by atoms with Crippen LogP contribution in [0.4, 0.5) is 5.69 Å². The van der Waals surface area contributed by atoms with Crippen LogP contribution in [0.2, 0.25) is 5.02 Å². The number of ether oxygens (including phenoxy) is 1. The number of nitrogens with zero attached hydrogens (tertiary/aromatic N) is 2. The summed E-state index contributed by atoms with van der Waals surface area (Å²) in [6.45, 7) is 5.61. The van der Waals surface area contributed by atoms with E-state index in [2.05, 4.69) is 5.32 Å². The summed E-state index contributed by atoms with van der Waals surface area (Å²) in [5.74, 6) is -0.564. The zero-order chi connectivity index (χ0) is 25.5. The Morgan fingerprint density at radius 3 is 2.29 bits per heavy atom. The van der Waals surface area contributed by atoms with Gasteiger partial charge in [-0.3, -0.25) is 13.9 Å². The van der Waals surface area contributed by atoms with Crippen LogP contribution >= 0.6 is 11.6 Å². The smallest absolute Gasteiger partial charge is 0.244 e. The molecule has 2 aromatic carbocycles. The van der Waals surface area contributed by atoms with Crippen LogP contribution < -0.4 is 14.4 Å². The third kappa shape index (κ3) is 7.11. The second kappa shape index (κ2) is 12.1. The van der Waals surface area contributed by atoms with E-state index in [1.165, 1.54) is 24.1 Å². The Morgan fingerprint density at radius 1 is 1.12 bits per heavy atom. The van der Waals surface area contributed by atoms with E-state index in [9.17, 15) is 18.0 Å². The third-order valence-electron chi connectivity index (χ3n) is 5.30. The van der Waals surface area contributed by atoms with Gasteiger partial charge in [0.2, 0.25) is 21.8 Å². The fourth-order valence-corrected chi connectivity index (χ4v) is 4.57. The normalized spacial score (nSPS) is 12.1.